The van der Waals surface area contributed by atoms with Crippen LogP contribution in [0.25, 0.3) is 10.8 Å². The molecule has 0 amide bonds. The van der Waals surface area contributed by atoms with Gasteiger partial charge in [-0.05, 0) is 29.1 Å². The topological polar surface area (TPSA) is 42.0 Å². The Labute approximate surface area is 144 Å². The van der Waals surface area contributed by atoms with E-state index in [2.05, 4.69) is 45.8 Å². The lowest BCUT2D eigenvalue weighted by molar-refractivity contribution is 0.680. The number of fused-ring (bicyclic) bond motifs is 1. The van der Waals surface area contributed by atoms with E-state index in [1.165, 1.54) is 16.3 Å². The Kier molecular flexibility index (Phi) is 5.37. The zero-order valence-corrected chi connectivity index (χ0v) is 14.3. The van der Waals surface area contributed by atoms with Gasteiger partial charge in [-0.25, -0.2) is 8.93 Å². The van der Waals surface area contributed by atoms with Crippen molar-refractivity contribution in [2.75, 3.05) is 12.8 Å². The summed E-state index contributed by atoms with van der Waals surface area (Å²) >= 11 is 0. The molecule has 0 saturated heterocycles. The van der Waals surface area contributed by atoms with E-state index in [1.807, 2.05) is 36.5 Å². The van der Waals surface area contributed by atoms with E-state index in [1.54, 1.807) is 6.26 Å². The number of rotatable bonds is 4. The van der Waals surface area contributed by atoms with E-state index in [9.17, 15) is 4.21 Å². The van der Waals surface area contributed by atoms with Gasteiger partial charge in [0, 0.05) is 29.8 Å². The first-order valence-electron chi connectivity index (χ1n) is 7.70. The van der Waals surface area contributed by atoms with Crippen LogP contribution in [0.3, 0.4) is 0 Å². The van der Waals surface area contributed by atoms with E-state index in [0.29, 0.717) is 6.54 Å². The van der Waals surface area contributed by atoms with Crippen molar-refractivity contribution < 1.29 is 4.21 Å². The maximum Gasteiger partial charge on any atom is 0.0892 e. The summed E-state index contributed by atoms with van der Waals surface area (Å²) < 4.78 is 13.7. The minimum absolute atomic E-state index is 0.421. The van der Waals surface area contributed by atoms with Crippen molar-refractivity contribution in [1.29, 1.82) is 0 Å². The molecule has 0 bridgehead atoms. The fourth-order valence-corrected chi connectivity index (χ4v) is 2.78. The third-order valence-electron chi connectivity index (χ3n) is 3.68. The van der Waals surface area contributed by atoms with Gasteiger partial charge in [-0.1, -0.05) is 48.2 Å². The molecule has 1 N–H and O–H groups in total. The van der Waals surface area contributed by atoms with Crippen molar-refractivity contribution in [2.24, 2.45) is 0 Å². The number of nitrogens with zero attached hydrogens (tertiary/aromatic N) is 1. The first-order valence-corrected chi connectivity index (χ1v) is 9.25. The molecule has 0 aliphatic rings. The lowest BCUT2D eigenvalue weighted by Gasteiger charge is -2.06. The number of benzene rings is 2. The minimum atomic E-state index is -1.02. The van der Waals surface area contributed by atoms with Crippen molar-refractivity contribution in [3.05, 3.63) is 77.6 Å². The molecule has 0 saturated carbocycles. The molecule has 0 aliphatic heterocycles. The van der Waals surface area contributed by atoms with Crippen LogP contribution in [0.15, 0.2) is 60.8 Å². The molecule has 2 aromatic carbocycles. The largest absolute Gasteiger partial charge is 0.260 e. The van der Waals surface area contributed by atoms with Crippen LogP contribution in [0.2, 0.25) is 0 Å². The summed E-state index contributed by atoms with van der Waals surface area (Å²) in [5.74, 6) is 6.02. The lowest BCUT2D eigenvalue weighted by Crippen LogP contribution is -2.15. The molecule has 3 rings (SSSR count). The Hall–Kier alpha value is -2.48. The summed E-state index contributed by atoms with van der Waals surface area (Å²) in [6, 6.07) is 18.5. The number of hydrogen-bond donors (Lipinski definition) is 1. The highest BCUT2D eigenvalue weighted by Gasteiger charge is 2.03. The van der Waals surface area contributed by atoms with E-state index in [4.69, 9.17) is 0 Å². The van der Waals surface area contributed by atoms with Gasteiger partial charge in [-0.2, -0.15) is 0 Å². The molecule has 3 aromatic rings. The monoisotopic (exact) mass is 334 g/mol. The van der Waals surface area contributed by atoms with Gasteiger partial charge in [0.2, 0.25) is 0 Å². The maximum atomic E-state index is 10.9. The molecule has 1 atom stereocenters. The number of hydrogen-bond acceptors (Lipinski definition) is 2. The van der Waals surface area contributed by atoms with Gasteiger partial charge in [0.1, 0.15) is 0 Å². The average Bonchev–Trinajstić information content (AvgIpc) is 2.60. The number of nitrogens with one attached hydrogen (secondary N) is 1. The fourth-order valence-electron chi connectivity index (χ4n) is 2.51. The lowest BCUT2D eigenvalue weighted by atomic mass is 10.0. The molecule has 1 aromatic heterocycles. The fraction of sp³-hybridized carbons (Fsp3) is 0.150. The summed E-state index contributed by atoms with van der Waals surface area (Å²) in [4.78, 5) is 4.54. The zero-order valence-electron chi connectivity index (χ0n) is 13.5. The predicted octanol–water partition coefficient (Wildman–Crippen LogP) is 3.06. The number of pyridine rings is 1. The van der Waals surface area contributed by atoms with Crippen LogP contribution in [0.1, 0.15) is 16.8 Å². The normalized spacial score (nSPS) is 11.7. The molecule has 24 heavy (non-hydrogen) atoms. The highest BCUT2D eigenvalue weighted by Crippen LogP contribution is 2.19. The third kappa shape index (κ3) is 4.29. The summed E-state index contributed by atoms with van der Waals surface area (Å²) in [6.45, 7) is 0.421. The van der Waals surface area contributed by atoms with Crippen LogP contribution in [0, 0.1) is 11.8 Å². The van der Waals surface area contributed by atoms with Gasteiger partial charge in [-0.3, -0.25) is 4.98 Å². The first-order chi connectivity index (χ1) is 11.7. The smallest absolute Gasteiger partial charge is 0.0892 e. The predicted molar refractivity (Wildman–Crippen MR) is 99.9 cm³/mol. The molecule has 3 nitrogen and oxygen atoms in total. The van der Waals surface area contributed by atoms with Crippen LogP contribution in [-0.4, -0.2) is 22.0 Å². The van der Waals surface area contributed by atoms with Crippen molar-refractivity contribution >= 4 is 21.8 Å². The van der Waals surface area contributed by atoms with Crippen LogP contribution in [-0.2, 0) is 17.4 Å². The Morgan fingerprint density at radius 3 is 2.67 bits per heavy atom. The van der Waals surface area contributed by atoms with E-state index in [0.717, 1.165) is 17.7 Å². The van der Waals surface area contributed by atoms with Crippen LogP contribution in [0.4, 0.5) is 0 Å². The van der Waals surface area contributed by atoms with Gasteiger partial charge >= 0.3 is 0 Å². The highest BCUT2D eigenvalue weighted by molar-refractivity contribution is 7.82. The minimum Gasteiger partial charge on any atom is -0.260 e. The molecule has 1 heterocycles. The SMILES string of the molecule is CS(=O)NCC#Cc1ccc(Cc2nccc3ccccc23)cc1. The molecule has 0 radical (unpaired) electrons. The van der Waals surface area contributed by atoms with Gasteiger partial charge < -0.3 is 0 Å². The Bertz CT molecular complexity index is 918. The summed E-state index contributed by atoms with van der Waals surface area (Å²) in [5, 5.41) is 2.41. The molecule has 4 heteroatoms. The molecule has 0 fully saturated rings. The first kappa shape index (κ1) is 16.4. The van der Waals surface area contributed by atoms with Gasteiger partial charge in [0.25, 0.3) is 0 Å². The van der Waals surface area contributed by atoms with Crippen molar-refractivity contribution in [3.8, 4) is 11.8 Å². The van der Waals surface area contributed by atoms with Crippen molar-refractivity contribution in [1.82, 2.24) is 9.71 Å². The Balaban J connectivity index is 1.73. The molecular weight excluding hydrogens is 316 g/mol. The van der Waals surface area contributed by atoms with E-state index >= 15 is 0 Å². The maximum absolute atomic E-state index is 10.9. The Morgan fingerprint density at radius 1 is 1.08 bits per heavy atom. The highest BCUT2D eigenvalue weighted by atomic mass is 32.2. The quantitative estimate of drug-likeness (QED) is 0.745. The van der Waals surface area contributed by atoms with Gasteiger partial charge in [0.15, 0.2) is 0 Å². The van der Waals surface area contributed by atoms with E-state index in [-0.39, 0.29) is 0 Å². The number of aromatic nitrogens is 1. The van der Waals surface area contributed by atoms with Crippen molar-refractivity contribution in [2.45, 2.75) is 6.42 Å². The van der Waals surface area contributed by atoms with Gasteiger partial charge in [0.05, 0.1) is 23.2 Å². The molecular formula is C20H18N2OS. The van der Waals surface area contributed by atoms with Gasteiger partial charge in [-0.15, -0.1) is 0 Å². The summed E-state index contributed by atoms with van der Waals surface area (Å²) in [6.07, 6.45) is 4.26. The van der Waals surface area contributed by atoms with Crippen LogP contribution < -0.4 is 4.72 Å². The standard InChI is InChI=1S/C20H18N2OS/c1-24(23)22-13-4-5-16-8-10-17(11-9-16)15-20-19-7-3-2-6-18(19)12-14-21-20/h2-3,6-12,14,22H,13,15H2,1H3. The van der Waals surface area contributed by atoms with Crippen LogP contribution in [0.5, 0.6) is 0 Å². The van der Waals surface area contributed by atoms with Crippen LogP contribution >= 0.6 is 0 Å². The third-order valence-corrected chi connectivity index (χ3v) is 4.23. The second-order valence-electron chi connectivity index (χ2n) is 5.43. The molecule has 1 unspecified atom stereocenters. The van der Waals surface area contributed by atoms with Crippen molar-refractivity contribution in [3.63, 3.8) is 0 Å². The second kappa shape index (κ2) is 7.87. The molecule has 0 aliphatic carbocycles. The zero-order chi connectivity index (χ0) is 16.8. The molecule has 120 valence electrons. The molecule has 0 spiro atoms. The Morgan fingerprint density at radius 2 is 1.88 bits per heavy atom. The van der Waals surface area contributed by atoms with E-state index < -0.39 is 11.0 Å². The average molecular weight is 334 g/mol. The summed E-state index contributed by atoms with van der Waals surface area (Å²) in [5.41, 5.74) is 3.24. The second-order valence-corrected chi connectivity index (χ2v) is 6.63. The summed E-state index contributed by atoms with van der Waals surface area (Å²) in [7, 11) is -1.02.